The quantitative estimate of drug-likeness (QED) is 0.825. The van der Waals surface area contributed by atoms with Crippen LogP contribution < -0.4 is 10.3 Å². The molecule has 0 bridgehead atoms. The van der Waals surface area contributed by atoms with Gasteiger partial charge in [0, 0.05) is 6.92 Å². The second-order valence-corrected chi connectivity index (χ2v) is 6.57. The Bertz CT molecular complexity index is 847. The molecule has 24 heavy (non-hydrogen) atoms. The van der Waals surface area contributed by atoms with Crippen LogP contribution in [-0.4, -0.2) is 14.3 Å². The lowest BCUT2D eigenvalue weighted by molar-refractivity contribution is -0.137. The molecule has 2 aromatic carbocycles. The van der Waals surface area contributed by atoms with Crippen molar-refractivity contribution < 1.29 is 26.4 Å². The van der Waals surface area contributed by atoms with Crippen molar-refractivity contribution in [3.63, 3.8) is 0 Å². The van der Waals surface area contributed by atoms with Gasteiger partial charge in [0.05, 0.1) is 10.5 Å². The van der Waals surface area contributed by atoms with E-state index < -0.39 is 27.7 Å². The smallest absolute Gasteiger partial charge is 0.278 e. The molecule has 0 radical (unpaired) electrons. The highest BCUT2D eigenvalue weighted by Crippen LogP contribution is 2.32. The number of carbonyl (C=O) groups excluding carboxylic acids is 1. The molecule has 2 rings (SSSR count). The van der Waals surface area contributed by atoms with Crippen LogP contribution in [0.25, 0.3) is 11.1 Å². The van der Waals surface area contributed by atoms with Crippen LogP contribution in [0.2, 0.25) is 0 Å². The molecule has 0 heterocycles. The van der Waals surface area contributed by atoms with Gasteiger partial charge in [-0.25, -0.2) is 8.42 Å². The van der Waals surface area contributed by atoms with Crippen molar-refractivity contribution in [3.05, 3.63) is 54.1 Å². The summed E-state index contributed by atoms with van der Waals surface area (Å²) >= 11 is 0. The Morgan fingerprint density at radius 3 is 2.17 bits per heavy atom. The zero-order valence-corrected chi connectivity index (χ0v) is 13.2. The third kappa shape index (κ3) is 4.33. The number of nitrogens with one attached hydrogen (secondary N) is 2. The van der Waals surface area contributed by atoms with E-state index in [0.29, 0.717) is 11.1 Å². The monoisotopic (exact) mass is 358 g/mol. The van der Waals surface area contributed by atoms with Crippen LogP contribution in [0.3, 0.4) is 0 Å². The topological polar surface area (TPSA) is 75.3 Å². The third-order valence-electron chi connectivity index (χ3n) is 3.05. The average Bonchev–Trinajstić information content (AvgIpc) is 2.52. The number of halogens is 3. The summed E-state index contributed by atoms with van der Waals surface area (Å²) in [4.78, 5) is 12.5. The lowest BCUT2D eigenvalue weighted by Gasteiger charge is -2.10. The van der Waals surface area contributed by atoms with E-state index in [-0.39, 0.29) is 4.90 Å². The van der Waals surface area contributed by atoms with E-state index in [0.717, 1.165) is 19.1 Å². The van der Waals surface area contributed by atoms with Gasteiger partial charge < -0.3 is 0 Å². The molecule has 2 aromatic rings. The van der Waals surface area contributed by atoms with E-state index in [1.54, 1.807) is 0 Å². The lowest BCUT2D eigenvalue weighted by atomic mass is 10.0. The first-order valence-corrected chi connectivity index (χ1v) is 8.14. The Balaban J connectivity index is 2.28. The maximum Gasteiger partial charge on any atom is 0.416 e. The largest absolute Gasteiger partial charge is 0.416 e. The fourth-order valence-corrected chi connectivity index (χ4v) is 2.79. The average molecular weight is 358 g/mol. The van der Waals surface area contributed by atoms with Gasteiger partial charge in [-0.15, -0.1) is 4.83 Å². The van der Waals surface area contributed by atoms with Crippen LogP contribution in [0.5, 0.6) is 0 Å². The molecule has 0 aliphatic heterocycles. The van der Waals surface area contributed by atoms with Crippen LogP contribution in [0.4, 0.5) is 13.2 Å². The molecule has 0 unspecified atom stereocenters. The Labute approximate surface area is 136 Å². The summed E-state index contributed by atoms with van der Waals surface area (Å²) in [5.74, 6) is -0.584. The zero-order valence-electron chi connectivity index (χ0n) is 12.4. The van der Waals surface area contributed by atoms with E-state index in [1.165, 1.54) is 36.4 Å². The molecule has 2 N–H and O–H groups in total. The van der Waals surface area contributed by atoms with Gasteiger partial charge in [0.15, 0.2) is 0 Å². The molecule has 5 nitrogen and oxygen atoms in total. The fraction of sp³-hybridized carbons (Fsp3) is 0.133. The van der Waals surface area contributed by atoms with Gasteiger partial charge >= 0.3 is 6.18 Å². The second kappa shape index (κ2) is 6.62. The van der Waals surface area contributed by atoms with Crippen LogP contribution >= 0.6 is 0 Å². The standard InChI is InChI=1S/C15H13F3N2O3S/c1-10(21)19-20-24(22,23)14-7-5-11(6-8-14)12-3-2-4-13(9-12)15(16,17)18/h2-9,20H,1H3,(H,19,21). The highest BCUT2D eigenvalue weighted by molar-refractivity contribution is 7.89. The lowest BCUT2D eigenvalue weighted by Crippen LogP contribution is -2.40. The van der Waals surface area contributed by atoms with Gasteiger partial charge in [0.2, 0.25) is 5.91 Å². The number of alkyl halides is 3. The normalized spacial score (nSPS) is 12.0. The Morgan fingerprint density at radius 1 is 1.00 bits per heavy atom. The molecule has 0 atom stereocenters. The first kappa shape index (κ1) is 18.0. The van der Waals surface area contributed by atoms with Crippen molar-refractivity contribution in [1.29, 1.82) is 0 Å². The summed E-state index contributed by atoms with van der Waals surface area (Å²) in [7, 11) is -3.95. The summed E-state index contributed by atoms with van der Waals surface area (Å²) in [5.41, 5.74) is 1.90. The molecular formula is C15H13F3N2O3S. The Kier molecular flexibility index (Phi) is 4.95. The number of sulfonamides is 1. The van der Waals surface area contributed by atoms with Gasteiger partial charge in [-0.1, -0.05) is 24.3 Å². The Morgan fingerprint density at radius 2 is 1.62 bits per heavy atom. The van der Waals surface area contributed by atoms with Crippen molar-refractivity contribution in [2.24, 2.45) is 0 Å². The minimum atomic E-state index is -4.46. The van der Waals surface area contributed by atoms with Crippen molar-refractivity contribution in [2.45, 2.75) is 18.0 Å². The van der Waals surface area contributed by atoms with Crippen LogP contribution in [-0.2, 0) is 21.0 Å². The zero-order chi connectivity index (χ0) is 18.0. The van der Waals surface area contributed by atoms with E-state index in [4.69, 9.17) is 0 Å². The number of carbonyl (C=O) groups is 1. The highest BCUT2D eigenvalue weighted by atomic mass is 32.2. The van der Waals surface area contributed by atoms with Gasteiger partial charge in [0.25, 0.3) is 10.0 Å². The van der Waals surface area contributed by atoms with Gasteiger partial charge in [-0.05, 0) is 35.4 Å². The summed E-state index contributed by atoms with van der Waals surface area (Å²) in [5, 5.41) is 0. The maximum atomic E-state index is 12.7. The van der Waals surface area contributed by atoms with Gasteiger partial charge in [-0.3, -0.25) is 10.2 Å². The summed E-state index contributed by atoms with van der Waals surface area (Å²) in [6.07, 6.45) is -4.46. The predicted molar refractivity (Wildman–Crippen MR) is 81.0 cm³/mol. The molecule has 1 amide bonds. The number of amides is 1. The fourth-order valence-electron chi connectivity index (χ4n) is 1.90. The van der Waals surface area contributed by atoms with E-state index in [1.807, 2.05) is 10.3 Å². The van der Waals surface area contributed by atoms with Crippen molar-refractivity contribution in [3.8, 4) is 11.1 Å². The Hall–Kier alpha value is -2.39. The van der Waals surface area contributed by atoms with E-state index in [2.05, 4.69) is 0 Å². The van der Waals surface area contributed by atoms with E-state index in [9.17, 15) is 26.4 Å². The first-order chi connectivity index (χ1) is 11.1. The molecule has 0 aliphatic rings. The number of hydrogen-bond acceptors (Lipinski definition) is 3. The van der Waals surface area contributed by atoms with Crippen molar-refractivity contribution in [1.82, 2.24) is 10.3 Å². The molecule has 0 spiro atoms. The summed E-state index contributed by atoms with van der Waals surface area (Å²) in [6.45, 7) is 1.14. The van der Waals surface area contributed by atoms with Crippen LogP contribution in [0, 0.1) is 0 Å². The highest BCUT2D eigenvalue weighted by Gasteiger charge is 2.30. The third-order valence-corrected chi connectivity index (χ3v) is 4.31. The summed E-state index contributed by atoms with van der Waals surface area (Å²) < 4.78 is 62.0. The minimum absolute atomic E-state index is 0.132. The maximum absolute atomic E-state index is 12.7. The molecule has 0 saturated carbocycles. The molecule has 128 valence electrons. The second-order valence-electron chi connectivity index (χ2n) is 4.89. The predicted octanol–water partition coefficient (Wildman–Crippen LogP) is 2.70. The first-order valence-electron chi connectivity index (χ1n) is 6.66. The van der Waals surface area contributed by atoms with Gasteiger partial charge in [-0.2, -0.15) is 13.2 Å². The number of hydrogen-bond donors (Lipinski definition) is 2. The van der Waals surface area contributed by atoms with E-state index >= 15 is 0 Å². The SMILES string of the molecule is CC(=O)NNS(=O)(=O)c1ccc(-c2cccc(C(F)(F)F)c2)cc1. The molecule has 9 heteroatoms. The minimum Gasteiger partial charge on any atom is -0.278 e. The molecule has 0 aromatic heterocycles. The number of rotatable bonds is 4. The number of benzene rings is 2. The van der Waals surface area contributed by atoms with Crippen LogP contribution in [0.15, 0.2) is 53.4 Å². The van der Waals surface area contributed by atoms with Gasteiger partial charge in [0.1, 0.15) is 0 Å². The molecular weight excluding hydrogens is 345 g/mol. The van der Waals surface area contributed by atoms with Crippen LogP contribution in [0.1, 0.15) is 12.5 Å². The molecule has 0 saturated heterocycles. The van der Waals surface area contributed by atoms with Crippen molar-refractivity contribution in [2.75, 3.05) is 0 Å². The molecule has 0 aliphatic carbocycles. The molecule has 0 fully saturated rings. The summed E-state index contributed by atoms with van der Waals surface area (Å²) in [6, 6.07) is 9.96. The van der Waals surface area contributed by atoms with Crippen molar-refractivity contribution >= 4 is 15.9 Å². The number of hydrazine groups is 1.